The maximum absolute atomic E-state index is 13.1. The van der Waals surface area contributed by atoms with Crippen LogP contribution >= 0.6 is 11.3 Å². The van der Waals surface area contributed by atoms with Crippen molar-refractivity contribution in [2.75, 3.05) is 5.32 Å². The van der Waals surface area contributed by atoms with Crippen molar-refractivity contribution in [1.29, 1.82) is 0 Å². The topological polar surface area (TPSA) is 91.4 Å². The first kappa shape index (κ1) is 20.5. The van der Waals surface area contributed by atoms with Gasteiger partial charge in [0.25, 0.3) is 5.91 Å². The van der Waals surface area contributed by atoms with E-state index < -0.39 is 23.5 Å². The number of nitrogens with zero attached hydrogens (tertiary/aromatic N) is 2. The lowest BCUT2D eigenvalue weighted by Crippen LogP contribution is -2.48. The molecule has 2 aliphatic rings. The Morgan fingerprint density at radius 2 is 1.97 bits per heavy atom. The van der Waals surface area contributed by atoms with Gasteiger partial charge < -0.3 is 10.6 Å². The number of hydrogen-bond acceptors (Lipinski definition) is 5. The van der Waals surface area contributed by atoms with Crippen LogP contribution in [0.25, 0.3) is 0 Å². The summed E-state index contributed by atoms with van der Waals surface area (Å²) < 4.78 is 13.1. The molecule has 1 aromatic heterocycles. The summed E-state index contributed by atoms with van der Waals surface area (Å²) in [5.74, 6) is -1.07. The first-order chi connectivity index (χ1) is 14.3. The van der Waals surface area contributed by atoms with Crippen molar-refractivity contribution >= 4 is 34.3 Å². The molecule has 1 saturated heterocycles. The predicted molar refractivity (Wildman–Crippen MR) is 111 cm³/mol. The number of urea groups is 1. The molecule has 1 aliphatic heterocycles. The fourth-order valence-corrected chi connectivity index (χ4v) is 5.07. The minimum atomic E-state index is -0.942. The zero-order valence-corrected chi connectivity index (χ0v) is 17.6. The number of anilines is 1. The van der Waals surface area contributed by atoms with Crippen LogP contribution < -0.4 is 10.6 Å². The summed E-state index contributed by atoms with van der Waals surface area (Å²) in [6, 6.07) is 4.78. The van der Waals surface area contributed by atoms with Gasteiger partial charge >= 0.3 is 6.03 Å². The van der Waals surface area contributed by atoms with Crippen LogP contribution in [-0.2, 0) is 16.0 Å². The Morgan fingerprint density at radius 1 is 1.30 bits per heavy atom. The molecule has 9 heteroatoms. The lowest BCUT2D eigenvalue weighted by atomic mass is 9.97. The van der Waals surface area contributed by atoms with E-state index in [0.29, 0.717) is 24.4 Å². The number of rotatable bonds is 5. The van der Waals surface area contributed by atoms with E-state index in [2.05, 4.69) is 15.6 Å². The maximum atomic E-state index is 13.1. The van der Waals surface area contributed by atoms with Gasteiger partial charge in [0.2, 0.25) is 5.91 Å². The van der Waals surface area contributed by atoms with Crippen molar-refractivity contribution in [3.63, 3.8) is 0 Å². The maximum Gasteiger partial charge on any atom is 0.325 e. The third kappa shape index (κ3) is 3.69. The van der Waals surface area contributed by atoms with Crippen molar-refractivity contribution in [3.05, 3.63) is 46.2 Å². The number of nitrogens with one attached hydrogen (secondary N) is 2. The number of carbonyl (C=O) groups excluding carboxylic acids is 3. The third-order valence-electron chi connectivity index (χ3n) is 5.82. The minimum absolute atomic E-state index is 0.290. The molecular weight excluding hydrogens is 407 g/mol. The standard InChI is InChI=1S/C21H23FN4O3S/c1-12-16(11-14-5-7-15(22)8-6-14)30-19(23-12)24-17(27)13(2)26-18(28)21(25-20(26)29)9-3-4-10-21/h5-8,13H,3-4,9-11H2,1-2H3,(H,25,29)(H,23,24,27). The molecule has 1 unspecified atom stereocenters. The van der Waals surface area contributed by atoms with E-state index in [0.717, 1.165) is 33.9 Å². The van der Waals surface area contributed by atoms with Crippen LogP contribution in [0.2, 0.25) is 0 Å². The highest BCUT2D eigenvalue weighted by Crippen LogP contribution is 2.36. The van der Waals surface area contributed by atoms with Crippen LogP contribution in [0.15, 0.2) is 24.3 Å². The van der Waals surface area contributed by atoms with Gasteiger partial charge in [-0.05, 0) is 44.4 Å². The molecule has 30 heavy (non-hydrogen) atoms. The molecule has 1 spiro atoms. The Labute approximate surface area is 177 Å². The average Bonchev–Trinajstić information content (AvgIpc) is 3.37. The predicted octanol–water partition coefficient (Wildman–Crippen LogP) is 3.37. The molecule has 0 bridgehead atoms. The minimum Gasteiger partial charge on any atom is -0.323 e. The molecule has 2 N–H and O–H groups in total. The first-order valence-electron chi connectivity index (χ1n) is 9.96. The van der Waals surface area contributed by atoms with Gasteiger partial charge in [-0.2, -0.15) is 0 Å². The fraction of sp³-hybridized carbons (Fsp3) is 0.429. The van der Waals surface area contributed by atoms with Gasteiger partial charge in [-0.1, -0.05) is 25.0 Å². The normalized spacial score (nSPS) is 18.7. The largest absolute Gasteiger partial charge is 0.325 e. The number of imide groups is 1. The summed E-state index contributed by atoms with van der Waals surface area (Å²) in [4.78, 5) is 44.4. The van der Waals surface area contributed by atoms with Crippen LogP contribution in [0, 0.1) is 12.7 Å². The number of halogens is 1. The zero-order valence-electron chi connectivity index (χ0n) is 16.8. The number of benzene rings is 1. The second kappa shape index (κ2) is 7.79. The second-order valence-corrected chi connectivity index (χ2v) is 8.97. The molecule has 1 aliphatic carbocycles. The van der Waals surface area contributed by atoms with Crippen LogP contribution in [0.4, 0.5) is 14.3 Å². The molecule has 4 amide bonds. The van der Waals surface area contributed by atoms with E-state index in [1.54, 1.807) is 19.1 Å². The Balaban J connectivity index is 1.44. The van der Waals surface area contributed by atoms with Gasteiger partial charge in [-0.15, -0.1) is 11.3 Å². The van der Waals surface area contributed by atoms with E-state index in [-0.39, 0.29) is 11.7 Å². The second-order valence-electron chi connectivity index (χ2n) is 7.89. The Morgan fingerprint density at radius 3 is 2.63 bits per heavy atom. The molecule has 2 aromatic rings. The quantitative estimate of drug-likeness (QED) is 0.712. The van der Waals surface area contributed by atoms with Gasteiger partial charge in [-0.3, -0.25) is 9.59 Å². The van der Waals surface area contributed by atoms with Gasteiger partial charge in [0, 0.05) is 11.3 Å². The SMILES string of the molecule is Cc1nc(NC(=O)C(C)N2C(=O)NC3(CCCC3)C2=O)sc1Cc1ccc(F)cc1. The van der Waals surface area contributed by atoms with Crippen LogP contribution in [-0.4, -0.2) is 39.3 Å². The third-order valence-corrected chi connectivity index (χ3v) is 6.89. The Kier molecular flexibility index (Phi) is 5.31. The smallest absolute Gasteiger partial charge is 0.323 e. The summed E-state index contributed by atoms with van der Waals surface area (Å²) in [5.41, 5.74) is 0.869. The molecule has 0 radical (unpaired) electrons. The van der Waals surface area contributed by atoms with Crippen LogP contribution in [0.1, 0.15) is 48.7 Å². The molecule has 4 rings (SSSR count). The van der Waals surface area contributed by atoms with Crippen molar-refractivity contribution in [2.45, 2.75) is 57.5 Å². The molecule has 1 aromatic carbocycles. The zero-order chi connectivity index (χ0) is 21.5. The number of aryl methyl sites for hydroxylation is 1. The molecule has 1 atom stereocenters. The Hall–Kier alpha value is -2.81. The van der Waals surface area contributed by atoms with Crippen molar-refractivity contribution in [3.8, 4) is 0 Å². The lowest BCUT2D eigenvalue weighted by molar-refractivity contribution is -0.136. The number of hydrogen-bond donors (Lipinski definition) is 2. The van der Waals surface area contributed by atoms with Crippen molar-refractivity contribution < 1.29 is 18.8 Å². The van der Waals surface area contributed by atoms with Crippen LogP contribution in [0.5, 0.6) is 0 Å². The highest BCUT2D eigenvalue weighted by atomic mass is 32.1. The number of amides is 4. The lowest BCUT2D eigenvalue weighted by Gasteiger charge is -2.23. The highest BCUT2D eigenvalue weighted by molar-refractivity contribution is 7.15. The fourth-order valence-electron chi connectivity index (χ4n) is 4.07. The van der Waals surface area contributed by atoms with Gasteiger partial charge in [0.05, 0.1) is 5.69 Å². The van der Waals surface area contributed by atoms with E-state index in [1.807, 2.05) is 6.92 Å². The average molecular weight is 431 g/mol. The van der Waals surface area contributed by atoms with E-state index >= 15 is 0 Å². The number of carbonyl (C=O) groups is 3. The van der Waals surface area contributed by atoms with Crippen LogP contribution in [0.3, 0.4) is 0 Å². The molecule has 2 fully saturated rings. The molecule has 1 saturated carbocycles. The summed E-state index contributed by atoms with van der Waals surface area (Å²) >= 11 is 1.33. The molecular formula is C21H23FN4O3S. The summed E-state index contributed by atoms with van der Waals surface area (Å²) in [7, 11) is 0. The van der Waals surface area contributed by atoms with E-state index in [1.165, 1.54) is 23.5 Å². The van der Waals surface area contributed by atoms with Crippen molar-refractivity contribution in [1.82, 2.24) is 15.2 Å². The summed E-state index contributed by atoms with van der Waals surface area (Å²) in [5, 5.41) is 5.93. The van der Waals surface area contributed by atoms with E-state index in [4.69, 9.17) is 0 Å². The number of aromatic nitrogens is 1. The molecule has 2 heterocycles. The highest BCUT2D eigenvalue weighted by Gasteiger charge is 2.54. The van der Waals surface area contributed by atoms with Crippen molar-refractivity contribution in [2.24, 2.45) is 0 Å². The summed E-state index contributed by atoms with van der Waals surface area (Å²) in [6.07, 6.45) is 3.57. The molecule has 7 nitrogen and oxygen atoms in total. The summed E-state index contributed by atoms with van der Waals surface area (Å²) in [6.45, 7) is 3.39. The van der Waals surface area contributed by atoms with Gasteiger partial charge in [0.1, 0.15) is 17.4 Å². The number of thiazole rings is 1. The Bertz CT molecular complexity index is 998. The first-order valence-corrected chi connectivity index (χ1v) is 10.8. The molecule has 158 valence electrons. The van der Waals surface area contributed by atoms with Gasteiger partial charge in [-0.25, -0.2) is 19.1 Å². The van der Waals surface area contributed by atoms with E-state index in [9.17, 15) is 18.8 Å². The monoisotopic (exact) mass is 430 g/mol. The van der Waals surface area contributed by atoms with Gasteiger partial charge in [0.15, 0.2) is 5.13 Å².